The van der Waals surface area contributed by atoms with Gasteiger partial charge in [-0.05, 0) is 30.2 Å². The molecular weight excluding hydrogens is 276 g/mol. The zero-order chi connectivity index (χ0) is 15.4. The molecule has 4 heteroatoms. The van der Waals surface area contributed by atoms with E-state index in [9.17, 15) is 4.79 Å². The normalized spacial score (nSPS) is 16.8. The van der Waals surface area contributed by atoms with Crippen molar-refractivity contribution in [1.82, 2.24) is 9.80 Å². The Labute approximate surface area is 131 Å². The highest BCUT2D eigenvalue weighted by Gasteiger charge is 2.20. The predicted octanol–water partition coefficient (Wildman–Crippen LogP) is 2.59. The highest BCUT2D eigenvalue weighted by atomic mass is 16.3. The molecule has 1 aromatic heterocycles. The van der Waals surface area contributed by atoms with Crippen molar-refractivity contribution in [1.29, 1.82) is 0 Å². The molecule has 116 valence electrons. The number of rotatable bonds is 5. The van der Waals surface area contributed by atoms with Gasteiger partial charge in [0.25, 0.3) is 0 Å². The summed E-state index contributed by atoms with van der Waals surface area (Å²) in [5.41, 5.74) is 2.74. The monoisotopic (exact) mass is 298 g/mol. The molecule has 3 rings (SSSR count). The third-order valence-corrected chi connectivity index (χ3v) is 4.28. The third kappa shape index (κ3) is 3.64. The lowest BCUT2D eigenvalue weighted by atomic mass is 10.1. The molecule has 0 aliphatic carbocycles. The second-order valence-corrected chi connectivity index (χ2v) is 5.88. The number of benzene rings is 1. The standard InChI is InChI=1S/C18H22N2O2/c1-15-5-2-3-6-16(15)13-19-8-10-20(11-9-19)14-17(21)18-7-4-12-22-18/h2-7,12H,8-11,13-14H2,1H3. The largest absolute Gasteiger partial charge is 0.461 e. The molecule has 1 aliphatic rings. The van der Waals surface area contributed by atoms with Crippen molar-refractivity contribution < 1.29 is 9.21 Å². The molecule has 0 spiro atoms. The molecule has 1 fully saturated rings. The van der Waals surface area contributed by atoms with Gasteiger partial charge in [0.2, 0.25) is 5.78 Å². The van der Waals surface area contributed by atoms with Crippen molar-refractivity contribution in [3.05, 3.63) is 59.5 Å². The minimum absolute atomic E-state index is 0.0670. The minimum atomic E-state index is 0.0670. The molecule has 0 amide bonds. The molecule has 0 unspecified atom stereocenters. The minimum Gasteiger partial charge on any atom is -0.461 e. The van der Waals surface area contributed by atoms with Crippen LogP contribution in [0.1, 0.15) is 21.7 Å². The Morgan fingerprint density at radius 1 is 1.05 bits per heavy atom. The van der Waals surface area contributed by atoms with E-state index >= 15 is 0 Å². The van der Waals surface area contributed by atoms with Gasteiger partial charge in [0.15, 0.2) is 5.76 Å². The summed E-state index contributed by atoms with van der Waals surface area (Å²) in [6, 6.07) is 12.0. The summed E-state index contributed by atoms with van der Waals surface area (Å²) in [6.07, 6.45) is 1.55. The first kappa shape index (κ1) is 15.0. The molecule has 22 heavy (non-hydrogen) atoms. The molecule has 0 N–H and O–H groups in total. The molecule has 2 heterocycles. The van der Waals surface area contributed by atoms with Crippen LogP contribution in [-0.4, -0.2) is 48.3 Å². The van der Waals surface area contributed by atoms with Crippen molar-refractivity contribution in [3.8, 4) is 0 Å². The van der Waals surface area contributed by atoms with Crippen LogP contribution in [0, 0.1) is 6.92 Å². The van der Waals surface area contributed by atoms with E-state index in [1.165, 1.54) is 11.1 Å². The van der Waals surface area contributed by atoms with Gasteiger partial charge in [0.1, 0.15) is 0 Å². The van der Waals surface area contributed by atoms with Crippen molar-refractivity contribution >= 4 is 5.78 Å². The summed E-state index contributed by atoms with van der Waals surface area (Å²) >= 11 is 0. The molecule has 1 aliphatic heterocycles. The van der Waals surface area contributed by atoms with E-state index in [1.54, 1.807) is 18.4 Å². The number of nitrogens with zero attached hydrogens (tertiary/aromatic N) is 2. The zero-order valence-electron chi connectivity index (χ0n) is 13.0. The first-order valence-corrected chi connectivity index (χ1v) is 7.78. The lowest BCUT2D eigenvalue weighted by Crippen LogP contribution is -2.47. The SMILES string of the molecule is Cc1ccccc1CN1CCN(CC(=O)c2ccco2)CC1. The van der Waals surface area contributed by atoms with Crippen LogP contribution in [0.15, 0.2) is 47.1 Å². The molecule has 1 saturated heterocycles. The molecule has 0 radical (unpaired) electrons. The first-order chi connectivity index (χ1) is 10.7. The maximum Gasteiger partial charge on any atom is 0.211 e. The topological polar surface area (TPSA) is 36.7 Å². The molecule has 0 saturated carbocycles. The molecule has 2 aromatic rings. The summed E-state index contributed by atoms with van der Waals surface area (Å²) in [4.78, 5) is 16.7. The fourth-order valence-electron chi connectivity index (χ4n) is 2.85. The van der Waals surface area contributed by atoms with Crippen LogP contribution in [0.5, 0.6) is 0 Å². The van der Waals surface area contributed by atoms with Crippen molar-refractivity contribution in [2.75, 3.05) is 32.7 Å². The summed E-state index contributed by atoms with van der Waals surface area (Å²) < 4.78 is 5.16. The molecule has 0 atom stereocenters. The maximum absolute atomic E-state index is 12.0. The lowest BCUT2D eigenvalue weighted by Gasteiger charge is -2.34. The van der Waals surface area contributed by atoms with E-state index in [1.807, 2.05) is 0 Å². The summed E-state index contributed by atoms with van der Waals surface area (Å²) in [5.74, 6) is 0.527. The van der Waals surface area contributed by atoms with Gasteiger partial charge in [0, 0.05) is 32.7 Å². The zero-order valence-corrected chi connectivity index (χ0v) is 13.0. The van der Waals surface area contributed by atoms with Gasteiger partial charge in [-0.1, -0.05) is 24.3 Å². The van der Waals surface area contributed by atoms with Crippen LogP contribution >= 0.6 is 0 Å². The molecular formula is C18H22N2O2. The van der Waals surface area contributed by atoms with Gasteiger partial charge in [-0.25, -0.2) is 0 Å². The Kier molecular flexibility index (Phi) is 4.71. The second-order valence-electron chi connectivity index (χ2n) is 5.88. The fourth-order valence-corrected chi connectivity index (χ4v) is 2.85. The van der Waals surface area contributed by atoms with Crippen LogP contribution in [0.25, 0.3) is 0 Å². The highest BCUT2D eigenvalue weighted by molar-refractivity contribution is 5.94. The summed E-state index contributed by atoms with van der Waals surface area (Å²) in [7, 11) is 0. The number of carbonyl (C=O) groups excluding carboxylic acids is 1. The van der Waals surface area contributed by atoms with Gasteiger partial charge < -0.3 is 4.42 Å². The molecule has 0 bridgehead atoms. The van der Waals surface area contributed by atoms with Crippen LogP contribution < -0.4 is 0 Å². The number of carbonyl (C=O) groups is 1. The Hall–Kier alpha value is -1.91. The smallest absolute Gasteiger partial charge is 0.211 e. The van der Waals surface area contributed by atoms with Crippen LogP contribution in [0.3, 0.4) is 0 Å². The summed E-state index contributed by atoms with van der Waals surface area (Å²) in [5, 5.41) is 0. The number of furan rings is 1. The van der Waals surface area contributed by atoms with E-state index in [4.69, 9.17) is 4.42 Å². The average molecular weight is 298 g/mol. The molecule has 4 nitrogen and oxygen atoms in total. The van der Waals surface area contributed by atoms with Crippen molar-refractivity contribution in [3.63, 3.8) is 0 Å². The van der Waals surface area contributed by atoms with Crippen molar-refractivity contribution in [2.24, 2.45) is 0 Å². The average Bonchev–Trinajstić information content (AvgIpc) is 3.06. The van der Waals surface area contributed by atoms with Gasteiger partial charge in [-0.2, -0.15) is 0 Å². The second kappa shape index (κ2) is 6.90. The van der Waals surface area contributed by atoms with E-state index in [2.05, 4.69) is 41.0 Å². The Morgan fingerprint density at radius 2 is 1.77 bits per heavy atom. The van der Waals surface area contributed by atoms with Gasteiger partial charge in [-0.3, -0.25) is 14.6 Å². The number of hydrogen-bond donors (Lipinski definition) is 0. The van der Waals surface area contributed by atoms with E-state index in [0.717, 1.165) is 32.7 Å². The van der Waals surface area contributed by atoms with Crippen LogP contribution in [0.2, 0.25) is 0 Å². The fraction of sp³-hybridized carbons (Fsp3) is 0.389. The van der Waals surface area contributed by atoms with E-state index in [0.29, 0.717) is 12.3 Å². The predicted molar refractivity (Wildman–Crippen MR) is 85.9 cm³/mol. The Balaban J connectivity index is 1.48. The maximum atomic E-state index is 12.0. The van der Waals surface area contributed by atoms with E-state index in [-0.39, 0.29) is 5.78 Å². The first-order valence-electron chi connectivity index (χ1n) is 7.78. The third-order valence-electron chi connectivity index (χ3n) is 4.28. The van der Waals surface area contributed by atoms with Gasteiger partial charge in [0.05, 0.1) is 12.8 Å². The quantitative estimate of drug-likeness (QED) is 0.795. The highest BCUT2D eigenvalue weighted by Crippen LogP contribution is 2.13. The van der Waals surface area contributed by atoms with Crippen LogP contribution in [-0.2, 0) is 6.54 Å². The van der Waals surface area contributed by atoms with Gasteiger partial charge >= 0.3 is 0 Å². The number of Topliss-reactive ketones (excluding diaryl/α,β-unsaturated/α-hetero) is 1. The number of piperazine rings is 1. The van der Waals surface area contributed by atoms with Crippen LogP contribution in [0.4, 0.5) is 0 Å². The van der Waals surface area contributed by atoms with Gasteiger partial charge in [-0.15, -0.1) is 0 Å². The number of ketones is 1. The number of aryl methyl sites for hydroxylation is 1. The Morgan fingerprint density at radius 3 is 2.45 bits per heavy atom. The number of hydrogen-bond acceptors (Lipinski definition) is 4. The lowest BCUT2D eigenvalue weighted by molar-refractivity contribution is 0.0819. The summed E-state index contributed by atoms with van der Waals surface area (Å²) in [6.45, 7) is 7.46. The van der Waals surface area contributed by atoms with Crippen molar-refractivity contribution in [2.45, 2.75) is 13.5 Å². The molecule has 1 aromatic carbocycles. The van der Waals surface area contributed by atoms with E-state index < -0.39 is 0 Å². The Bertz CT molecular complexity index is 614.